The number of fused-ring (bicyclic) bond motifs is 1. The molecule has 1 aromatic carbocycles. The highest BCUT2D eigenvalue weighted by atomic mass is 16.2. The number of carbonyl (C=O) groups is 1. The fourth-order valence-electron chi connectivity index (χ4n) is 3.47. The summed E-state index contributed by atoms with van der Waals surface area (Å²) in [5.41, 5.74) is 2.31. The van der Waals surface area contributed by atoms with Crippen LogP contribution >= 0.6 is 0 Å². The van der Waals surface area contributed by atoms with Gasteiger partial charge in [-0.25, -0.2) is 4.98 Å². The first kappa shape index (κ1) is 16.0. The van der Waals surface area contributed by atoms with Crippen LogP contribution < -0.4 is 5.32 Å². The van der Waals surface area contributed by atoms with Gasteiger partial charge in [-0.15, -0.1) is 0 Å². The van der Waals surface area contributed by atoms with Gasteiger partial charge in [0.1, 0.15) is 5.82 Å². The number of carbonyl (C=O) groups excluding carboxylic acids is 1. The molecule has 2 heterocycles. The van der Waals surface area contributed by atoms with Gasteiger partial charge in [0.2, 0.25) is 5.91 Å². The van der Waals surface area contributed by atoms with Crippen LogP contribution in [0.4, 0.5) is 0 Å². The minimum Gasteiger partial charge on any atom is -0.355 e. The SMILES string of the molecule is CCNC(=O)CN1CCC(Cn2c(C)nc3ccccc32)CC1. The molecule has 1 saturated heterocycles. The first-order chi connectivity index (χ1) is 11.2. The van der Waals surface area contributed by atoms with E-state index in [9.17, 15) is 4.79 Å². The van der Waals surface area contributed by atoms with Crippen LogP contribution in [0.1, 0.15) is 25.6 Å². The fraction of sp³-hybridized carbons (Fsp3) is 0.556. The molecule has 1 aliphatic rings. The van der Waals surface area contributed by atoms with Gasteiger partial charge in [-0.05, 0) is 57.8 Å². The smallest absolute Gasteiger partial charge is 0.234 e. The maximum atomic E-state index is 11.7. The molecule has 23 heavy (non-hydrogen) atoms. The second-order valence-electron chi connectivity index (χ2n) is 6.43. The van der Waals surface area contributed by atoms with Gasteiger partial charge < -0.3 is 9.88 Å². The highest BCUT2D eigenvalue weighted by molar-refractivity contribution is 5.78. The zero-order valence-electron chi connectivity index (χ0n) is 14.1. The van der Waals surface area contributed by atoms with E-state index in [1.807, 2.05) is 13.0 Å². The van der Waals surface area contributed by atoms with E-state index in [0.717, 1.165) is 43.8 Å². The van der Waals surface area contributed by atoms with Gasteiger partial charge in [-0.3, -0.25) is 9.69 Å². The van der Waals surface area contributed by atoms with E-state index in [4.69, 9.17) is 0 Å². The Bertz CT molecular complexity index is 671. The molecule has 0 bridgehead atoms. The number of benzene rings is 1. The summed E-state index contributed by atoms with van der Waals surface area (Å²) in [7, 11) is 0. The third-order valence-corrected chi connectivity index (χ3v) is 4.73. The summed E-state index contributed by atoms with van der Waals surface area (Å²) in [6, 6.07) is 8.35. The predicted molar refractivity (Wildman–Crippen MR) is 92.3 cm³/mol. The van der Waals surface area contributed by atoms with E-state index in [1.54, 1.807) is 0 Å². The number of rotatable bonds is 5. The normalized spacial score (nSPS) is 16.8. The molecule has 0 spiro atoms. The lowest BCUT2D eigenvalue weighted by atomic mass is 9.96. The van der Waals surface area contributed by atoms with Crippen LogP contribution in [-0.4, -0.2) is 46.5 Å². The molecule has 5 heteroatoms. The summed E-state index contributed by atoms with van der Waals surface area (Å²) in [6.07, 6.45) is 2.29. The second kappa shape index (κ2) is 7.13. The molecule has 124 valence electrons. The standard InChI is InChI=1S/C18H26N4O/c1-3-19-18(23)13-21-10-8-15(9-11-21)12-22-14(2)20-16-6-4-5-7-17(16)22/h4-7,15H,3,8-13H2,1-2H3,(H,19,23). The van der Waals surface area contributed by atoms with E-state index in [0.29, 0.717) is 19.0 Å². The lowest BCUT2D eigenvalue weighted by molar-refractivity contribution is -0.122. The van der Waals surface area contributed by atoms with Crippen molar-refractivity contribution in [2.45, 2.75) is 33.2 Å². The van der Waals surface area contributed by atoms with Crippen molar-refractivity contribution in [1.82, 2.24) is 19.8 Å². The lowest BCUT2D eigenvalue weighted by Gasteiger charge is -2.31. The van der Waals surface area contributed by atoms with Crippen molar-refractivity contribution >= 4 is 16.9 Å². The zero-order chi connectivity index (χ0) is 16.2. The Morgan fingerprint density at radius 1 is 1.30 bits per heavy atom. The summed E-state index contributed by atoms with van der Waals surface area (Å²) in [4.78, 5) is 18.6. The minimum absolute atomic E-state index is 0.141. The van der Waals surface area contributed by atoms with E-state index in [-0.39, 0.29) is 5.91 Å². The van der Waals surface area contributed by atoms with Crippen molar-refractivity contribution < 1.29 is 4.79 Å². The first-order valence-electron chi connectivity index (χ1n) is 8.58. The molecule has 0 atom stereocenters. The number of nitrogens with one attached hydrogen (secondary N) is 1. The summed E-state index contributed by atoms with van der Waals surface area (Å²) in [5, 5.41) is 2.88. The highest BCUT2D eigenvalue weighted by Gasteiger charge is 2.22. The predicted octanol–water partition coefficient (Wildman–Crippen LogP) is 2.19. The average molecular weight is 314 g/mol. The number of imidazole rings is 1. The van der Waals surface area contributed by atoms with Crippen molar-refractivity contribution in [2.24, 2.45) is 5.92 Å². The highest BCUT2D eigenvalue weighted by Crippen LogP contribution is 2.23. The monoisotopic (exact) mass is 314 g/mol. The molecule has 1 N–H and O–H groups in total. The van der Waals surface area contributed by atoms with Crippen LogP contribution in [0, 0.1) is 12.8 Å². The van der Waals surface area contributed by atoms with Crippen molar-refractivity contribution in [3.63, 3.8) is 0 Å². The van der Waals surface area contributed by atoms with Crippen LogP contribution in [0.15, 0.2) is 24.3 Å². The molecule has 1 fully saturated rings. The van der Waals surface area contributed by atoms with Crippen molar-refractivity contribution in [1.29, 1.82) is 0 Å². The first-order valence-corrected chi connectivity index (χ1v) is 8.58. The summed E-state index contributed by atoms with van der Waals surface area (Å²) < 4.78 is 2.35. The van der Waals surface area contributed by atoms with Gasteiger partial charge >= 0.3 is 0 Å². The molecule has 1 amide bonds. The Labute approximate surface area is 137 Å². The Morgan fingerprint density at radius 3 is 2.78 bits per heavy atom. The third-order valence-electron chi connectivity index (χ3n) is 4.73. The van der Waals surface area contributed by atoms with Crippen LogP contribution in [0.5, 0.6) is 0 Å². The number of hydrogen-bond acceptors (Lipinski definition) is 3. The molecule has 0 radical (unpaired) electrons. The van der Waals surface area contributed by atoms with Gasteiger partial charge in [0.05, 0.1) is 17.6 Å². The van der Waals surface area contributed by atoms with Crippen LogP contribution in [-0.2, 0) is 11.3 Å². The number of piperidine rings is 1. The molecule has 0 unspecified atom stereocenters. The van der Waals surface area contributed by atoms with Crippen LogP contribution in [0.3, 0.4) is 0 Å². The molecular weight excluding hydrogens is 288 g/mol. The maximum absolute atomic E-state index is 11.7. The number of likely N-dealkylation sites (tertiary alicyclic amines) is 1. The summed E-state index contributed by atoms with van der Waals surface area (Å²) in [6.45, 7) is 8.34. The Morgan fingerprint density at radius 2 is 2.04 bits per heavy atom. The van der Waals surface area contributed by atoms with Gasteiger partial charge in [0, 0.05) is 13.1 Å². The quantitative estimate of drug-likeness (QED) is 0.920. The molecule has 0 aliphatic carbocycles. The molecule has 0 saturated carbocycles. The summed E-state index contributed by atoms with van der Waals surface area (Å²) in [5.74, 6) is 1.90. The van der Waals surface area contributed by atoms with Gasteiger partial charge in [-0.2, -0.15) is 0 Å². The number of amides is 1. The number of para-hydroxylation sites is 2. The van der Waals surface area contributed by atoms with E-state index in [1.165, 1.54) is 5.52 Å². The Hall–Kier alpha value is -1.88. The topological polar surface area (TPSA) is 50.2 Å². The van der Waals surface area contributed by atoms with Gasteiger partial charge in [0.15, 0.2) is 0 Å². The summed E-state index contributed by atoms with van der Waals surface area (Å²) >= 11 is 0. The van der Waals surface area contributed by atoms with E-state index in [2.05, 4.69) is 44.9 Å². The number of hydrogen-bond donors (Lipinski definition) is 1. The Kier molecular flexibility index (Phi) is 4.96. The molecule has 2 aromatic rings. The third kappa shape index (κ3) is 3.72. The molecule has 1 aromatic heterocycles. The second-order valence-corrected chi connectivity index (χ2v) is 6.43. The molecular formula is C18H26N4O. The van der Waals surface area contributed by atoms with E-state index >= 15 is 0 Å². The van der Waals surface area contributed by atoms with Crippen molar-refractivity contribution in [3.05, 3.63) is 30.1 Å². The maximum Gasteiger partial charge on any atom is 0.234 e. The molecule has 5 nitrogen and oxygen atoms in total. The van der Waals surface area contributed by atoms with Gasteiger partial charge in [-0.1, -0.05) is 12.1 Å². The largest absolute Gasteiger partial charge is 0.355 e. The van der Waals surface area contributed by atoms with E-state index < -0.39 is 0 Å². The number of likely N-dealkylation sites (N-methyl/N-ethyl adjacent to an activating group) is 1. The average Bonchev–Trinajstić information content (AvgIpc) is 2.85. The fourth-order valence-corrected chi connectivity index (χ4v) is 3.47. The zero-order valence-corrected chi connectivity index (χ0v) is 14.1. The number of nitrogens with zero attached hydrogens (tertiary/aromatic N) is 3. The minimum atomic E-state index is 0.141. The molecule has 1 aliphatic heterocycles. The number of aromatic nitrogens is 2. The van der Waals surface area contributed by atoms with Crippen molar-refractivity contribution in [3.8, 4) is 0 Å². The molecule has 3 rings (SSSR count). The number of aryl methyl sites for hydroxylation is 1. The van der Waals surface area contributed by atoms with Crippen molar-refractivity contribution in [2.75, 3.05) is 26.2 Å². The van der Waals surface area contributed by atoms with Crippen LogP contribution in [0.25, 0.3) is 11.0 Å². The Balaban J connectivity index is 1.58. The lowest BCUT2D eigenvalue weighted by Crippen LogP contribution is -2.42. The van der Waals surface area contributed by atoms with Crippen LogP contribution in [0.2, 0.25) is 0 Å². The van der Waals surface area contributed by atoms with Gasteiger partial charge in [0.25, 0.3) is 0 Å².